The van der Waals surface area contributed by atoms with Crippen molar-refractivity contribution in [1.82, 2.24) is 14.9 Å². The smallest absolute Gasteiger partial charge is 0.410 e. The van der Waals surface area contributed by atoms with E-state index in [1.807, 2.05) is 34.6 Å². The number of amides is 1. The van der Waals surface area contributed by atoms with Crippen molar-refractivity contribution >= 4 is 17.7 Å². The number of nitrogens with two attached hydrogens (primary N) is 1. The molecule has 1 fully saturated rings. The normalized spacial score (nSPS) is 18.2. The Morgan fingerprint density at radius 3 is 2.45 bits per heavy atom. The van der Waals surface area contributed by atoms with Crippen LogP contribution in [-0.4, -0.2) is 51.7 Å². The van der Waals surface area contributed by atoms with Crippen molar-refractivity contribution in [3.05, 3.63) is 12.4 Å². The number of anilines is 2. The lowest BCUT2D eigenvalue weighted by Crippen LogP contribution is -2.62. The summed E-state index contributed by atoms with van der Waals surface area (Å²) in [5.74, 6) is 1.17. The fourth-order valence-corrected chi connectivity index (χ4v) is 2.50. The molecule has 0 unspecified atom stereocenters. The second-order valence-electron chi connectivity index (χ2n) is 7.17. The third kappa shape index (κ3) is 3.78. The summed E-state index contributed by atoms with van der Waals surface area (Å²) in [7, 11) is 0. The molecule has 1 aliphatic rings. The number of hydrogen-bond donors (Lipinski definition) is 1. The number of ether oxygens (including phenoxy) is 1. The molecule has 7 heteroatoms. The number of carbonyl (C=O) groups is 1. The van der Waals surface area contributed by atoms with E-state index in [2.05, 4.69) is 14.9 Å². The van der Waals surface area contributed by atoms with Crippen LogP contribution < -0.4 is 10.6 Å². The number of piperazine rings is 1. The summed E-state index contributed by atoms with van der Waals surface area (Å²) in [6.07, 6.45) is 2.93. The second kappa shape index (κ2) is 5.62. The third-order valence-corrected chi connectivity index (χ3v) is 3.50. The van der Waals surface area contributed by atoms with Crippen molar-refractivity contribution in [2.75, 3.05) is 30.3 Å². The molecule has 1 aromatic heterocycles. The summed E-state index contributed by atoms with van der Waals surface area (Å²) in [5, 5.41) is 0. The second-order valence-corrected chi connectivity index (χ2v) is 7.17. The molecule has 0 atom stereocenters. The largest absolute Gasteiger partial charge is 0.444 e. The van der Waals surface area contributed by atoms with Crippen LogP contribution in [0, 0.1) is 0 Å². The highest BCUT2D eigenvalue weighted by Gasteiger charge is 2.39. The van der Waals surface area contributed by atoms with Crippen molar-refractivity contribution < 1.29 is 9.53 Å². The average Bonchev–Trinajstić information content (AvgIpc) is 2.36. The zero-order chi connectivity index (χ0) is 16.5. The van der Waals surface area contributed by atoms with E-state index in [1.54, 1.807) is 17.3 Å². The van der Waals surface area contributed by atoms with E-state index < -0.39 is 5.60 Å². The predicted molar refractivity (Wildman–Crippen MR) is 85.7 cm³/mol. The minimum atomic E-state index is -0.493. The maximum Gasteiger partial charge on any atom is 0.410 e. The maximum absolute atomic E-state index is 12.4. The van der Waals surface area contributed by atoms with Crippen molar-refractivity contribution in [3.8, 4) is 0 Å². The minimum absolute atomic E-state index is 0.277. The highest BCUT2D eigenvalue weighted by atomic mass is 16.6. The summed E-state index contributed by atoms with van der Waals surface area (Å²) in [5.41, 5.74) is 4.72. The molecule has 2 rings (SSSR count). The molecule has 1 amide bonds. The maximum atomic E-state index is 12.4. The van der Waals surface area contributed by atoms with Gasteiger partial charge in [0.15, 0.2) is 0 Å². The van der Waals surface area contributed by atoms with Crippen LogP contribution >= 0.6 is 0 Å². The lowest BCUT2D eigenvalue weighted by molar-refractivity contribution is 0.000312. The van der Waals surface area contributed by atoms with Gasteiger partial charge in [-0.3, -0.25) is 4.90 Å². The zero-order valence-electron chi connectivity index (χ0n) is 14.0. The Morgan fingerprint density at radius 1 is 1.27 bits per heavy atom. The average molecular weight is 307 g/mol. The van der Waals surface area contributed by atoms with E-state index in [-0.39, 0.29) is 11.6 Å². The monoisotopic (exact) mass is 307 g/mol. The molecule has 7 nitrogen and oxygen atoms in total. The standard InChI is InChI=1S/C15H25N5O2/c1-14(2,3)22-13(21)20-7-6-19(10-15(20,4)5)12-9-17-11(16)8-18-12/h8-9H,6-7,10H2,1-5H3,(H2,16,17). The lowest BCUT2D eigenvalue weighted by atomic mass is 9.99. The summed E-state index contributed by atoms with van der Waals surface area (Å²) in [6.45, 7) is 11.6. The van der Waals surface area contributed by atoms with Crippen LogP contribution in [0.4, 0.5) is 16.4 Å². The molecule has 0 aromatic carbocycles. The Hall–Kier alpha value is -2.05. The van der Waals surface area contributed by atoms with Gasteiger partial charge in [-0.25, -0.2) is 14.8 Å². The molecule has 0 saturated carbocycles. The third-order valence-electron chi connectivity index (χ3n) is 3.50. The van der Waals surface area contributed by atoms with Gasteiger partial charge in [0.05, 0.1) is 17.9 Å². The van der Waals surface area contributed by atoms with Crippen molar-refractivity contribution in [1.29, 1.82) is 0 Å². The van der Waals surface area contributed by atoms with Gasteiger partial charge in [0, 0.05) is 19.6 Å². The molecule has 22 heavy (non-hydrogen) atoms. The molecule has 122 valence electrons. The minimum Gasteiger partial charge on any atom is -0.444 e. The van der Waals surface area contributed by atoms with Crippen LogP contribution in [0.1, 0.15) is 34.6 Å². The molecule has 1 aliphatic heterocycles. The molecule has 0 spiro atoms. The van der Waals surface area contributed by atoms with Crippen molar-refractivity contribution in [2.45, 2.75) is 45.8 Å². The highest BCUT2D eigenvalue weighted by Crippen LogP contribution is 2.26. The Morgan fingerprint density at radius 2 is 1.95 bits per heavy atom. The number of carbonyl (C=O) groups excluding carboxylic acids is 1. The summed E-state index contributed by atoms with van der Waals surface area (Å²) in [4.78, 5) is 24.6. The summed E-state index contributed by atoms with van der Waals surface area (Å²) < 4.78 is 5.49. The first kappa shape index (κ1) is 16.3. The number of rotatable bonds is 1. The van der Waals surface area contributed by atoms with Crippen LogP contribution in [0.5, 0.6) is 0 Å². The van der Waals surface area contributed by atoms with E-state index in [0.717, 1.165) is 5.82 Å². The molecule has 2 heterocycles. The molecule has 2 N–H and O–H groups in total. The van der Waals surface area contributed by atoms with Crippen LogP contribution in [0.2, 0.25) is 0 Å². The molecular formula is C15H25N5O2. The van der Waals surface area contributed by atoms with E-state index in [1.165, 1.54) is 0 Å². The Labute approximate surface area is 131 Å². The quantitative estimate of drug-likeness (QED) is 0.853. The summed E-state index contributed by atoms with van der Waals surface area (Å²) >= 11 is 0. The Kier molecular flexibility index (Phi) is 4.17. The highest BCUT2D eigenvalue weighted by molar-refractivity contribution is 5.69. The fraction of sp³-hybridized carbons (Fsp3) is 0.667. The molecule has 1 saturated heterocycles. The zero-order valence-corrected chi connectivity index (χ0v) is 14.0. The van der Waals surface area contributed by atoms with Gasteiger partial charge in [0.1, 0.15) is 17.2 Å². The van der Waals surface area contributed by atoms with Gasteiger partial charge >= 0.3 is 6.09 Å². The number of nitrogen functional groups attached to an aromatic ring is 1. The van der Waals surface area contributed by atoms with Gasteiger partial charge < -0.3 is 15.4 Å². The number of aromatic nitrogens is 2. The molecule has 0 radical (unpaired) electrons. The Balaban J connectivity index is 2.09. The van der Waals surface area contributed by atoms with Gasteiger partial charge in [-0.1, -0.05) is 0 Å². The van der Waals surface area contributed by atoms with E-state index in [0.29, 0.717) is 25.5 Å². The molecule has 0 aliphatic carbocycles. The first-order chi connectivity index (χ1) is 10.1. The van der Waals surface area contributed by atoms with Gasteiger partial charge in [-0.2, -0.15) is 0 Å². The SMILES string of the molecule is CC(C)(C)OC(=O)N1CCN(c2cnc(N)cn2)CC1(C)C. The first-order valence-corrected chi connectivity index (χ1v) is 7.42. The molecule has 1 aromatic rings. The van der Waals surface area contributed by atoms with Crippen LogP contribution in [0.15, 0.2) is 12.4 Å². The van der Waals surface area contributed by atoms with Crippen LogP contribution in [0.25, 0.3) is 0 Å². The van der Waals surface area contributed by atoms with Gasteiger partial charge in [-0.15, -0.1) is 0 Å². The number of nitrogens with zero attached hydrogens (tertiary/aromatic N) is 4. The van der Waals surface area contributed by atoms with Gasteiger partial charge in [0.2, 0.25) is 0 Å². The first-order valence-electron chi connectivity index (χ1n) is 7.42. The fourth-order valence-electron chi connectivity index (χ4n) is 2.50. The molecule has 0 bridgehead atoms. The van der Waals surface area contributed by atoms with Crippen LogP contribution in [-0.2, 0) is 4.74 Å². The number of hydrogen-bond acceptors (Lipinski definition) is 6. The summed E-state index contributed by atoms with van der Waals surface area (Å²) in [6, 6.07) is 0. The topological polar surface area (TPSA) is 84.6 Å². The molecular weight excluding hydrogens is 282 g/mol. The van der Waals surface area contributed by atoms with E-state index in [4.69, 9.17) is 10.5 Å². The van der Waals surface area contributed by atoms with E-state index >= 15 is 0 Å². The van der Waals surface area contributed by atoms with Gasteiger partial charge in [0.25, 0.3) is 0 Å². The van der Waals surface area contributed by atoms with Crippen LogP contribution in [0.3, 0.4) is 0 Å². The van der Waals surface area contributed by atoms with Crippen molar-refractivity contribution in [2.24, 2.45) is 0 Å². The van der Waals surface area contributed by atoms with E-state index in [9.17, 15) is 4.79 Å². The van der Waals surface area contributed by atoms with Crippen molar-refractivity contribution in [3.63, 3.8) is 0 Å². The van der Waals surface area contributed by atoms with Gasteiger partial charge in [-0.05, 0) is 34.6 Å². The predicted octanol–water partition coefficient (Wildman–Crippen LogP) is 1.89. The Bertz CT molecular complexity index is 536. The lowest BCUT2D eigenvalue weighted by Gasteiger charge is -2.47.